The fourth-order valence-electron chi connectivity index (χ4n) is 0.536. The third-order valence-electron chi connectivity index (χ3n) is 0.991. The number of nitriles is 1. The Bertz CT molecular complexity index is 336. The molecule has 0 aromatic carbocycles. The zero-order valence-electron chi connectivity index (χ0n) is 4.89. The summed E-state index contributed by atoms with van der Waals surface area (Å²) in [6, 6.07) is 4.45. The number of aromatic nitrogens is 1. The minimum Gasteiger partial charge on any atom is -0.312 e. The topological polar surface area (TPSA) is 56.6 Å². The van der Waals surface area contributed by atoms with Gasteiger partial charge in [-0.3, -0.25) is 4.79 Å². The average Bonchev–Trinajstić information content (AvgIpc) is 1.88. The highest BCUT2D eigenvalue weighted by Crippen LogP contribution is 2.06. The second-order valence-electron chi connectivity index (χ2n) is 1.66. The number of nitrogens with zero attached hydrogens (tertiary/aromatic N) is 1. The van der Waals surface area contributed by atoms with Gasteiger partial charge in [-0.1, -0.05) is 11.6 Å². The number of rotatable bonds is 0. The maximum atomic E-state index is 10.5. The van der Waals surface area contributed by atoms with Crippen LogP contribution in [0.15, 0.2) is 16.9 Å². The predicted octanol–water partition coefficient (Wildman–Crippen LogP) is 0.900. The van der Waals surface area contributed by atoms with Crippen LogP contribution in [0.5, 0.6) is 0 Å². The molecule has 0 aliphatic carbocycles. The second kappa shape index (κ2) is 2.54. The summed E-state index contributed by atoms with van der Waals surface area (Å²) in [6.07, 6.45) is 0. The van der Waals surface area contributed by atoms with Crippen molar-refractivity contribution >= 4 is 11.6 Å². The molecule has 1 aromatic rings. The van der Waals surface area contributed by atoms with Crippen LogP contribution in [0.25, 0.3) is 0 Å². The summed E-state index contributed by atoms with van der Waals surface area (Å²) >= 11 is 5.45. The SMILES string of the molecule is N#Cc1ccc(=O)[nH]c1Cl. The molecule has 1 rings (SSSR count). The molecular formula is C6H3ClN2O. The molecular weight excluding hydrogens is 152 g/mol. The standard InChI is InChI=1S/C6H3ClN2O/c7-6-4(3-8)1-2-5(10)9-6/h1-2H,(H,9,10). The molecule has 0 saturated heterocycles. The zero-order chi connectivity index (χ0) is 7.56. The number of halogens is 1. The first-order valence-corrected chi connectivity index (χ1v) is 2.91. The van der Waals surface area contributed by atoms with Crippen molar-refractivity contribution in [3.63, 3.8) is 0 Å². The number of pyridine rings is 1. The Hall–Kier alpha value is -1.27. The van der Waals surface area contributed by atoms with Crippen LogP contribution in [-0.4, -0.2) is 4.98 Å². The summed E-state index contributed by atoms with van der Waals surface area (Å²) < 4.78 is 0. The minimum atomic E-state index is -0.302. The molecule has 10 heavy (non-hydrogen) atoms. The Morgan fingerprint density at radius 3 is 2.80 bits per heavy atom. The highest BCUT2D eigenvalue weighted by Gasteiger charge is 1.96. The summed E-state index contributed by atoms with van der Waals surface area (Å²) in [5.74, 6) is 0. The summed E-state index contributed by atoms with van der Waals surface area (Å²) in [6.45, 7) is 0. The van der Waals surface area contributed by atoms with Crippen molar-refractivity contribution in [1.29, 1.82) is 5.26 Å². The van der Waals surface area contributed by atoms with Crippen molar-refractivity contribution in [2.75, 3.05) is 0 Å². The van der Waals surface area contributed by atoms with Crippen LogP contribution in [0.3, 0.4) is 0 Å². The fourth-order valence-corrected chi connectivity index (χ4v) is 0.734. The fraction of sp³-hybridized carbons (Fsp3) is 0. The monoisotopic (exact) mass is 154 g/mol. The molecule has 0 radical (unpaired) electrons. The molecule has 0 spiro atoms. The molecule has 0 aliphatic heterocycles. The molecule has 3 nitrogen and oxygen atoms in total. The van der Waals surface area contributed by atoms with Crippen LogP contribution in [0.4, 0.5) is 0 Å². The van der Waals surface area contributed by atoms with Crippen molar-refractivity contribution in [3.8, 4) is 6.07 Å². The quantitative estimate of drug-likeness (QED) is 0.565. The van der Waals surface area contributed by atoms with Gasteiger partial charge in [-0.25, -0.2) is 0 Å². The lowest BCUT2D eigenvalue weighted by Gasteiger charge is -1.89. The van der Waals surface area contributed by atoms with Gasteiger partial charge in [0.2, 0.25) is 5.56 Å². The van der Waals surface area contributed by atoms with Gasteiger partial charge in [0, 0.05) is 6.07 Å². The first-order valence-electron chi connectivity index (χ1n) is 2.53. The van der Waals surface area contributed by atoms with E-state index in [0.29, 0.717) is 0 Å². The minimum absolute atomic E-state index is 0.0926. The molecule has 0 saturated carbocycles. The first-order chi connectivity index (χ1) is 4.74. The van der Waals surface area contributed by atoms with Gasteiger partial charge in [0.15, 0.2) is 0 Å². The lowest BCUT2D eigenvalue weighted by atomic mass is 10.3. The van der Waals surface area contributed by atoms with E-state index in [9.17, 15) is 4.79 Å². The van der Waals surface area contributed by atoms with E-state index in [4.69, 9.17) is 16.9 Å². The van der Waals surface area contributed by atoms with Crippen LogP contribution < -0.4 is 5.56 Å². The van der Waals surface area contributed by atoms with Gasteiger partial charge in [-0.15, -0.1) is 0 Å². The number of nitrogens with one attached hydrogen (secondary N) is 1. The normalized spacial score (nSPS) is 8.80. The van der Waals surface area contributed by atoms with E-state index >= 15 is 0 Å². The van der Waals surface area contributed by atoms with Gasteiger partial charge >= 0.3 is 0 Å². The smallest absolute Gasteiger partial charge is 0.249 e. The highest BCUT2D eigenvalue weighted by molar-refractivity contribution is 6.30. The third kappa shape index (κ3) is 1.17. The van der Waals surface area contributed by atoms with Gasteiger partial charge < -0.3 is 4.98 Å². The van der Waals surface area contributed by atoms with Crippen LogP contribution in [-0.2, 0) is 0 Å². The number of aromatic amines is 1. The van der Waals surface area contributed by atoms with Crippen molar-refractivity contribution < 1.29 is 0 Å². The molecule has 0 fully saturated rings. The van der Waals surface area contributed by atoms with E-state index in [-0.39, 0.29) is 16.3 Å². The van der Waals surface area contributed by atoms with Gasteiger partial charge in [0.05, 0.1) is 5.56 Å². The van der Waals surface area contributed by atoms with E-state index in [0.717, 1.165) is 0 Å². The van der Waals surface area contributed by atoms with Crippen LogP contribution in [0.1, 0.15) is 5.56 Å². The molecule has 0 unspecified atom stereocenters. The molecule has 0 bridgehead atoms. The first kappa shape index (κ1) is 6.84. The van der Waals surface area contributed by atoms with Crippen molar-refractivity contribution in [3.05, 3.63) is 33.2 Å². The average molecular weight is 155 g/mol. The van der Waals surface area contributed by atoms with Gasteiger partial charge in [-0.05, 0) is 6.07 Å². The van der Waals surface area contributed by atoms with Crippen LogP contribution >= 0.6 is 11.6 Å². The van der Waals surface area contributed by atoms with E-state index in [1.807, 2.05) is 6.07 Å². The van der Waals surface area contributed by atoms with Crippen molar-refractivity contribution in [1.82, 2.24) is 4.98 Å². The number of H-pyrrole nitrogens is 1. The molecule has 50 valence electrons. The molecule has 1 aromatic heterocycles. The Morgan fingerprint density at radius 1 is 1.60 bits per heavy atom. The molecule has 4 heteroatoms. The summed E-state index contributed by atoms with van der Waals surface area (Å²) in [4.78, 5) is 12.8. The van der Waals surface area contributed by atoms with Crippen LogP contribution in [0.2, 0.25) is 5.15 Å². The second-order valence-corrected chi connectivity index (χ2v) is 2.04. The van der Waals surface area contributed by atoms with Gasteiger partial charge in [0.25, 0.3) is 0 Å². The van der Waals surface area contributed by atoms with Gasteiger partial charge in [-0.2, -0.15) is 5.26 Å². The Balaban J connectivity index is 3.37. The molecule has 0 aliphatic rings. The van der Waals surface area contributed by atoms with E-state index in [2.05, 4.69) is 4.98 Å². The molecule has 0 amide bonds. The summed E-state index contributed by atoms with van der Waals surface area (Å²) in [5.41, 5.74) is -0.0229. The Labute approximate surface area is 61.9 Å². The van der Waals surface area contributed by atoms with Crippen molar-refractivity contribution in [2.45, 2.75) is 0 Å². The third-order valence-corrected chi connectivity index (χ3v) is 1.29. The van der Waals surface area contributed by atoms with Gasteiger partial charge in [0.1, 0.15) is 11.2 Å². The lowest BCUT2D eigenvalue weighted by molar-refractivity contribution is 1.22. The zero-order valence-corrected chi connectivity index (χ0v) is 5.64. The highest BCUT2D eigenvalue weighted by atomic mass is 35.5. The molecule has 0 atom stereocenters. The number of hydrogen-bond acceptors (Lipinski definition) is 2. The lowest BCUT2D eigenvalue weighted by Crippen LogP contribution is -2.03. The Morgan fingerprint density at radius 2 is 2.30 bits per heavy atom. The van der Waals surface area contributed by atoms with E-state index in [1.165, 1.54) is 12.1 Å². The molecule has 1 N–H and O–H groups in total. The largest absolute Gasteiger partial charge is 0.312 e. The van der Waals surface area contributed by atoms with E-state index < -0.39 is 0 Å². The van der Waals surface area contributed by atoms with Crippen molar-refractivity contribution in [2.24, 2.45) is 0 Å². The maximum absolute atomic E-state index is 10.5. The number of hydrogen-bond donors (Lipinski definition) is 1. The van der Waals surface area contributed by atoms with E-state index in [1.54, 1.807) is 0 Å². The Kier molecular flexibility index (Phi) is 1.74. The summed E-state index contributed by atoms with van der Waals surface area (Å²) in [7, 11) is 0. The van der Waals surface area contributed by atoms with Crippen LogP contribution in [0, 0.1) is 11.3 Å². The molecule has 1 heterocycles. The predicted molar refractivity (Wildman–Crippen MR) is 36.8 cm³/mol. The summed E-state index contributed by atoms with van der Waals surface area (Å²) in [5, 5.41) is 8.45. The maximum Gasteiger partial charge on any atom is 0.249 e.